The van der Waals surface area contributed by atoms with Gasteiger partial charge in [0.25, 0.3) is 5.91 Å². The van der Waals surface area contributed by atoms with Gasteiger partial charge in [0.05, 0.1) is 19.1 Å². The molecular formula is C21H21NO6S. The molecule has 0 saturated carbocycles. The standard InChI is InChI=1S/C21H21NO6S/c1-26-16-8-10-19(27-2)15(12-16)13-22-21(23)20-11-9-17(28-20)14-29(24,25)18-6-4-3-5-7-18/h3-12H,13-14H2,1-2H3,(H,22,23). The SMILES string of the molecule is COc1ccc(OC)c(CNC(=O)c2ccc(CS(=O)(=O)c3ccccc3)o2)c1. The number of ether oxygens (including phenoxy) is 2. The Morgan fingerprint density at radius 3 is 2.45 bits per heavy atom. The van der Waals surface area contributed by atoms with Crippen molar-refractivity contribution in [2.24, 2.45) is 0 Å². The minimum Gasteiger partial charge on any atom is -0.497 e. The summed E-state index contributed by atoms with van der Waals surface area (Å²) in [5.74, 6) is 0.691. The first-order chi connectivity index (χ1) is 13.9. The zero-order chi connectivity index (χ0) is 20.9. The van der Waals surface area contributed by atoms with Crippen LogP contribution in [0.4, 0.5) is 0 Å². The Hall–Kier alpha value is -3.26. The molecule has 29 heavy (non-hydrogen) atoms. The molecule has 1 heterocycles. The summed E-state index contributed by atoms with van der Waals surface area (Å²) in [7, 11) is -0.459. The third-order valence-corrected chi connectivity index (χ3v) is 5.90. The second-order valence-electron chi connectivity index (χ2n) is 6.20. The molecule has 0 spiro atoms. The zero-order valence-corrected chi connectivity index (χ0v) is 16.9. The minimum absolute atomic E-state index is 0.0325. The highest BCUT2D eigenvalue weighted by molar-refractivity contribution is 7.90. The second kappa shape index (κ2) is 8.83. The highest BCUT2D eigenvalue weighted by Gasteiger charge is 2.19. The molecule has 3 rings (SSSR count). The van der Waals surface area contributed by atoms with Gasteiger partial charge in [-0.3, -0.25) is 4.79 Å². The van der Waals surface area contributed by atoms with Crippen LogP contribution in [0.2, 0.25) is 0 Å². The van der Waals surface area contributed by atoms with Crippen LogP contribution in [0.3, 0.4) is 0 Å². The highest BCUT2D eigenvalue weighted by atomic mass is 32.2. The van der Waals surface area contributed by atoms with E-state index in [-0.39, 0.29) is 28.7 Å². The van der Waals surface area contributed by atoms with E-state index in [9.17, 15) is 13.2 Å². The predicted octanol–water partition coefficient (Wildman–Crippen LogP) is 3.20. The van der Waals surface area contributed by atoms with Crippen LogP contribution in [0, 0.1) is 0 Å². The highest BCUT2D eigenvalue weighted by Crippen LogP contribution is 2.24. The Bertz CT molecular complexity index is 1090. The summed E-state index contributed by atoms with van der Waals surface area (Å²) in [5, 5.41) is 2.73. The summed E-state index contributed by atoms with van der Waals surface area (Å²) >= 11 is 0. The number of benzene rings is 2. The maximum Gasteiger partial charge on any atom is 0.287 e. The zero-order valence-electron chi connectivity index (χ0n) is 16.0. The molecule has 2 aromatic carbocycles. The Morgan fingerprint density at radius 1 is 1.00 bits per heavy atom. The number of hydrogen-bond donors (Lipinski definition) is 1. The fourth-order valence-corrected chi connectivity index (χ4v) is 4.03. The summed E-state index contributed by atoms with van der Waals surface area (Å²) in [6, 6.07) is 16.3. The van der Waals surface area contributed by atoms with Gasteiger partial charge >= 0.3 is 0 Å². The van der Waals surface area contributed by atoms with Crippen molar-refractivity contribution < 1.29 is 27.1 Å². The van der Waals surface area contributed by atoms with Crippen LogP contribution in [-0.2, 0) is 22.1 Å². The first-order valence-electron chi connectivity index (χ1n) is 8.78. The molecule has 0 saturated heterocycles. The lowest BCUT2D eigenvalue weighted by Gasteiger charge is -2.11. The van der Waals surface area contributed by atoms with Crippen molar-refractivity contribution in [2.75, 3.05) is 14.2 Å². The normalized spacial score (nSPS) is 11.1. The van der Waals surface area contributed by atoms with Crippen LogP contribution in [0.1, 0.15) is 21.9 Å². The fraction of sp³-hybridized carbons (Fsp3) is 0.190. The number of amides is 1. The lowest BCUT2D eigenvalue weighted by Crippen LogP contribution is -2.22. The third-order valence-electron chi connectivity index (χ3n) is 4.25. The van der Waals surface area contributed by atoms with E-state index >= 15 is 0 Å². The molecule has 1 N–H and O–H groups in total. The molecule has 152 valence electrons. The number of sulfone groups is 1. The van der Waals surface area contributed by atoms with Gasteiger partial charge in [0.15, 0.2) is 15.6 Å². The largest absolute Gasteiger partial charge is 0.497 e. The van der Waals surface area contributed by atoms with E-state index in [2.05, 4.69) is 5.32 Å². The van der Waals surface area contributed by atoms with Crippen molar-refractivity contribution in [3.05, 3.63) is 77.7 Å². The molecule has 0 radical (unpaired) electrons. The van der Waals surface area contributed by atoms with Gasteiger partial charge in [0.1, 0.15) is 23.0 Å². The molecule has 0 aliphatic rings. The van der Waals surface area contributed by atoms with Crippen molar-refractivity contribution >= 4 is 15.7 Å². The van der Waals surface area contributed by atoms with Crippen LogP contribution in [0.5, 0.6) is 11.5 Å². The average molecular weight is 415 g/mol. The van der Waals surface area contributed by atoms with Gasteiger partial charge in [-0.15, -0.1) is 0 Å². The number of carbonyl (C=O) groups is 1. The number of hydrogen-bond acceptors (Lipinski definition) is 6. The molecule has 1 amide bonds. The molecule has 0 aliphatic carbocycles. The maximum absolute atomic E-state index is 12.4. The predicted molar refractivity (Wildman–Crippen MR) is 107 cm³/mol. The van der Waals surface area contributed by atoms with Crippen molar-refractivity contribution in [1.82, 2.24) is 5.32 Å². The minimum atomic E-state index is -3.55. The summed E-state index contributed by atoms with van der Waals surface area (Å²) in [5.41, 5.74) is 0.735. The van der Waals surface area contributed by atoms with E-state index in [4.69, 9.17) is 13.9 Å². The Balaban J connectivity index is 1.67. The van der Waals surface area contributed by atoms with Crippen molar-refractivity contribution in [3.8, 4) is 11.5 Å². The van der Waals surface area contributed by atoms with E-state index in [1.165, 1.54) is 24.3 Å². The van der Waals surface area contributed by atoms with Gasteiger partial charge in [-0.05, 0) is 42.5 Å². The van der Waals surface area contributed by atoms with Crippen molar-refractivity contribution in [1.29, 1.82) is 0 Å². The molecule has 3 aromatic rings. The van der Waals surface area contributed by atoms with Gasteiger partial charge < -0.3 is 19.2 Å². The Kier molecular flexibility index (Phi) is 6.23. The third kappa shape index (κ3) is 4.97. The smallest absolute Gasteiger partial charge is 0.287 e. The maximum atomic E-state index is 12.4. The Morgan fingerprint density at radius 2 is 1.76 bits per heavy atom. The molecule has 0 atom stereocenters. The van der Waals surface area contributed by atoms with Crippen LogP contribution in [-0.4, -0.2) is 28.5 Å². The van der Waals surface area contributed by atoms with Gasteiger partial charge in [-0.1, -0.05) is 18.2 Å². The lowest BCUT2D eigenvalue weighted by molar-refractivity contribution is 0.0921. The summed E-state index contributed by atoms with van der Waals surface area (Å²) in [6.07, 6.45) is 0. The van der Waals surface area contributed by atoms with E-state index in [1.54, 1.807) is 50.6 Å². The average Bonchev–Trinajstić information content (AvgIpc) is 3.20. The van der Waals surface area contributed by atoms with Crippen molar-refractivity contribution in [2.45, 2.75) is 17.2 Å². The van der Waals surface area contributed by atoms with Crippen molar-refractivity contribution in [3.63, 3.8) is 0 Å². The van der Waals surface area contributed by atoms with Crippen LogP contribution >= 0.6 is 0 Å². The van der Waals surface area contributed by atoms with E-state index < -0.39 is 15.7 Å². The van der Waals surface area contributed by atoms with Gasteiger partial charge in [-0.2, -0.15) is 0 Å². The number of carbonyl (C=O) groups excluding carboxylic acids is 1. The second-order valence-corrected chi connectivity index (χ2v) is 8.19. The molecule has 8 heteroatoms. The lowest BCUT2D eigenvalue weighted by atomic mass is 10.2. The fourth-order valence-electron chi connectivity index (χ4n) is 2.76. The van der Waals surface area contributed by atoms with Crippen LogP contribution < -0.4 is 14.8 Å². The molecule has 0 aliphatic heterocycles. The van der Waals surface area contributed by atoms with Crippen LogP contribution in [0.25, 0.3) is 0 Å². The first kappa shape index (κ1) is 20.5. The Labute approximate surface area is 169 Å². The van der Waals surface area contributed by atoms with E-state index in [0.29, 0.717) is 11.5 Å². The van der Waals surface area contributed by atoms with E-state index in [0.717, 1.165) is 5.56 Å². The molecule has 0 unspecified atom stereocenters. The summed E-state index contributed by atoms with van der Waals surface area (Å²) < 4.78 is 40.8. The van der Waals surface area contributed by atoms with E-state index in [1.807, 2.05) is 0 Å². The number of furan rings is 1. The molecule has 7 nitrogen and oxygen atoms in total. The number of methoxy groups -OCH3 is 2. The molecule has 1 aromatic heterocycles. The summed E-state index contributed by atoms with van der Waals surface area (Å²) in [6.45, 7) is 0.192. The van der Waals surface area contributed by atoms with Gasteiger partial charge in [0, 0.05) is 12.1 Å². The summed E-state index contributed by atoms with van der Waals surface area (Å²) in [4.78, 5) is 12.6. The number of nitrogens with one attached hydrogen (secondary N) is 1. The molecular weight excluding hydrogens is 394 g/mol. The molecule has 0 bridgehead atoms. The monoisotopic (exact) mass is 415 g/mol. The quantitative estimate of drug-likeness (QED) is 0.607. The number of rotatable bonds is 8. The van der Waals surface area contributed by atoms with Crippen LogP contribution in [0.15, 0.2) is 70.0 Å². The first-order valence-corrected chi connectivity index (χ1v) is 10.4. The van der Waals surface area contributed by atoms with Gasteiger partial charge in [-0.25, -0.2) is 8.42 Å². The topological polar surface area (TPSA) is 94.8 Å². The van der Waals surface area contributed by atoms with Gasteiger partial charge in [0.2, 0.25) is 0 Å². The molecule has 0 fully saturated rings.